The van der Waals surface area contributed by atoms with Gasteiger partial charge in [-0.15, -0.1) is 0 Å². The van der Waals surface area contributed by atoms with Crippen LogP contribution in [0.4, 0.5) is 15.8 Å². The van der Waals surface area contributed by atoms with Crippen LogP contribution in [-0.4, -0.2) is 43.5 Å². The van der Waals surface area contributed by atoms with Gasteiger partial charge in [0.1, 0.15) is 5.82 Å². The molecule has 0 bridgehead atoms. The van der Waals surface area contributed by atoms with Gasteiger partial charge in [-0.25, -0.2) is 4.39 Å². The van der Waals surface area contributed by atoms with E-state index in [0.717, 1.165) is 49.5 Å². The van der Waals surface area contributed by atoms with Crippen molar-refractivity contribution in [2.75, 3.05) is 42.9 Å². The summed E-state index contributed by atoms with van der Waals surface area (Å²) in [4.78, 5) is 17.1. The molecule has 1 saturated heterocycles. The Labute approximate surface area is 161 Å². The van der Waals surface area contributed by atoms with Gasteiger partial charge in [0.25, 0.3) is 0 Å². The summed E-state index contributed by atoms with van der Waals surface area (Å²) >= 11 is 0. The first kappa shape index (κ1) is 19.4. The van der Waals surface area contributed by atoms with Crippen molar-refractivity contribution in [2.45, 2.75) is 26.7 Å². The van der Waals surface area contributed by atoms with Crippen molar-refractivity contribution in [3.05, 3.63) is 59.4 Å². The van der Waals surface area contributed by atoms with Gasteiger partial charge in [-0.05, 0) is 61.3 Å². The van der Waals surface area contributed by atoms with Crippen LogP contribution in [0.3, 0.4) is 0 Å². The van der Waals surface area contributed by atoms with Crippen molar-refractivity contribution < 1.29 is 9.18 Å². The molecule has 0 saturated carbocycles. The number of anilines is 2. The van der Waals surface area contributed by atoms with E-state index in [9.17, 15) is 9.18 Å². The highest BCUT2D eigenvalue weighted by Gasteiger charge is 2.16. The van der Waals surface area contributed by atoms with Gasteiger partial charge in [0.15, 0.2) is 0 Å². The fourth-order valence-electron chi connectivity index (χ4n) is 3.47. The van der Waals surface area contributed by atoms with Crippen molar-refractivity contribution >= 4 is 17.3 Å². The minimum atomic E-state index is -0.265. The van der Waals surface area contributed by atoms with E-state index in [1.165, 1.54) is 17.8 Å². The van der Waals surface area contributed by atoms with Crippen LogP contribution in [0, 0.1) is 12.7 Å². The molecule has 0 aliphatic carbocycles. The first-order chi connectivity index (χ1) is 13.0. The lowest BCUT2D eigenvalue weighted by Gasteiger charge is -2.35. The van der Waals surface area contributed by atoms with E-state index in [4.69, 9.17) is 0 Å². The molecule has 1 amide bonds. The minimum Gasteiger partial charge on any atom is -0.369 e. The summed E-state index contributed by atoms with van der Waals surface area (Å²) in [6.45, 7) is 9.58. The van der Waals surface area contributed by atoms with Crippen LogP contribution < -0.4 is 10.2 Å². The van der Waals surface area contributed by atoms with Crippen molar-refractivity contribution in [1.29, 1.82) is 0 Å². The number of benzene rings is 2. The minimum absolute atomic E-state index is 0.0494. The lowest BCUT2D eigenvalue weighted by Crippen LogP contribution is -2.46. The number of nitrogens with one attached hydrogen (secondary N) is 1. The molecule has 1 N–H and O–H groups in total. The van der Waals surface area contributed by atoms with E-state index in [-0.39, 0.29) is 11.7 Å². The summed E-state index contributed by atoms with van der Waals surface area (Å²) in [5, 5.41) is 2.98. The maximum absolute atomic E-state index is 13.2. The molecular weight excluding hydrogens is 341 g/mol. The molecule has 1 aliphatic rings. The van der Waals surface area contributed by atoms with Gasteiger partial charge in [0, 0.05) is 44.0 Å². The number of carbonyl (C=O) groups is 1. The van der Waals surface area contributed by atoms with Crippen LogP contribution in [0.2, 0.25) is 0 Å². The Kier molecular flexibility index (Phi) is 6.45. The number of amides is 1. The standard InChI is InChI=1S/C22H28FN3O/c1-3-25-11-13-26(14-12-25)20-8-9-21(17(2)15-20)24-22(27)10-7-18-5-4-6-19(23)16-18/h4-6,8-9,15-16H,3,7,10-14H2,1-2H3,(H,24,27). The molecule has 2 aromatic carbocycles. The van der Waals surface area contributed by atoms with Crippen LogP contribution in [0.5, 0.6) is 0 Å². The van der Waals surface area contributed by atoms with Crippen LogP contribution >= 0.6 is 0 Å². The molecule has 2 aromatic rings. The number of hydrogen-bond donors (Lipinski definition) is 1. The normalized spacial score (nSPS) is 15.0. The largest absolute Gasteiger partial charge is 0.369 e. The number of nitrogens with zero attached hydrogens (tertiary/aromatic N) is 2. The fourth-order valence-corrected chi connectivity index (χ4v) is 3.47. The highest BCUT2D eigenvalue weighted by molar-refractivity contribution is 5.91. The summed E-state index contributed by atoms with van der Waals surface area (Å²) in [5.41, 5.74) is 3.95. The summed E-state index contributed by atoms with van der Waals surface area (Å²) in [6.07, 6.45) is 0.867. The zero-order valence-corrected chi connectivity index (χ0v) is 16.2. The van der Waals surface area contributed by atoms with Crippen molar-refractivity contribution in [3.8, 4) is 0 Å². The zero-order chi connectivity index (χ0) is 19.2. The number of hydrogen-bond acceptors (Lipinski definition) is 3. The monoisotopic (exact) mass is 369 g/mol. The molecule has 0 spiro atoms. The Morgan fingerprint density at radius 3 is 2.56 bits per heavy atom. The maximum Gasteiger partial charge on any atom is 0.224 e. The molecule has 27 heavy (non-hydrogen) atoms. The van der Waals surface area contributed by atoms with Crippen molar-refractivity contribution in [3.63, 3.8) is 0 Å². The highest BCUT2D eigenvalue weighted by Crippen LogP contribution is 2.24. The number of carbonyl (C=O) groups excluding carboxylic acids is 1. The maximum atomic E-state index is 13.2. The highest BCUT2D eigenvalue weighted by atomic mass is 19.1. The number of rotatable bonds is 6. The first-order valence-corrected chi connectivity index (χ1v) is 9.67. The third-order valence-corrected chi connectivity index (χ3v) is 5.20. The van der Waals surface area contributed by atoms with Crippen LogP contribution in [0.25, 0.3) is 0 Å². The van der Waals surface area contributed by atoms with Gasteiger partial charge in [-0.2, -0.15) is 0 Å². The summed E-state index contributed by atoms with van der Waals surface area (Å²) < 4.78 is 13.2. The van der Waals surface area contributed by atoms with E-state index in [2.05, 4.69) is 34.2 Å². The van der Waals surface area contributed by atoms with Gasteiger partial charge < -0.3 is 15.1 Å². The fraction of sp³-hybridized carbons (Fsp3) is 0.409. The van der Waals surface area contributed by atoms with E-state index in [0.29, 0.717) is 12.8 Å². The van der Waals surface area contributed by atoms with Crippen LogP contribution in [-0.2, 0) is 11.2 Å². The first-order valence-electron chi connectivity index (χ1n) is 9.67. The van der Waals surface area contributed by atoms with Gasteiger partial charge >= 0.3 is 0 Å². The van der Waals surface area contributed by atoms with Crippen LogP contribution in [0.1, 0.15) is 24.5 Å². The smallest absolute Gasteiger partial charge is 0.224 e. The Balaban J connectivity index is 1.55. The third-order valence-electron chi connectivity index (χ3n) is 5.20. The number of piperazine rings is 1. The summed E-state index contributed by atoms with van der Waals surface area (Å²) in [6, 6.07) is 12.6. The molecule has 3 rings (SSSR count). The summed E-state index contributed by atoms with van der Waals surface area (Å²) in [7, 11) is 0. The molecule has 0 unspecified atom stereocenters. The van der Waals surface area contributed by atoms with E-state index in [1.54, 1.807) is 6.07 Å². The molecule has 0 aromatic heterocycles. The van der Waals surface area contributed by atoms with Crippen molar-refractivity contribution in [1.82, 2.24) is 4.90 Å². The van der Waals surface area contributed by atoms with Gasteiger partial charge in [0.05, 0.1) is 0 Å². The van der Waals surface area contributed by atoms with Crippen LogP contribution in [0.15, 0.2) is 42.5 Å². The van der Waals surface area contributed by atoms with E-state index < -0.39 is 0 Å². The molecule has 1 aliphatic heterocycles. The van der Waals surface area contributed by atoms with Crippen molar-refractivity contribution in [2.24, 2.45) is 0 Å². The predicted octanol–water partition coefficient (Wildman–Crippen LogP) is 3.85. The molecule has 5 heteroatoms. The third kappa shape index (κ3) is 5.30. The predicted molar refractivity (Wildman–Crippen MR) is 109 cm³/mol. The van der Waals surface area contributed by atoms with E-state index in [1.807, 2.05) is 19.1 Å². The zero-order valence-electron chi connectivity index (χ0n) is 16.2. The number of halogens is 1. The average molecular weight is 369 g/mol. The molecule has 1 fully saturated rings. The quantitative estimate of drug-likeness (QED) is 0.840. The second kappa shape index (κ2) is 9.00. The Morgan fingerprint density at radius 2 is 1.89 bits per heavy atom. The Bertz CT molecular complexity index is 785. The Morgan fingerprint density at radius 1 is 1.11 bits per heavy atom. The second-order valence-electron chi connectivity index (χ2n) is 7.10. The summed E-state index contributed by atoms with van der Waals surface area (Å²) in [5.74, 6) is -0.314. The molecule has 144 valence electrons. The number of likely N-dealkylation sites (N-methyl/N-ethyl adjacent to an activating group) is 1. The number of aryl methyl sites for hydroxylation is 2. The molecule has 4 nitrogen and oxygen atoms in total. The lowest BCUT2D eigenvalue weighted by atomic mass is 10.1. The molecule has 0 radical (unpaired) electrons. The lowest BCUT2D eigenvalue weighted by molar-refractivity contribution is -0.116. The SMILES string of the molecule is CCN1CCN(c2ccc(NC(=O)CCc3cccc(F)c3)c(C)c2)CC1. The van der Waals surface area contributed by atoms with Gasteiger partial charge in [0.2, 0.25) is 5.91 Å². The van der Waals surface area contributed by atoms with Gasteiger partial charge in [-0.3, -0.25) is 4.79 Å². The average Bonchev–Trinajstić information content (AvgIpc) is 2.68. The molecule has 0 atom stereocenters. The molecule has 1 heterocycles. The molecular formula is C22H28FN3O. The van der Waals surface area contributed by atoms with Gasteiger partial charge in [-0.1, -0.05) is 19.1 Å². The Hall–Kier alpha value is -2.40. The second-order valence-corrected chi connectivity index (χ2v) is 7.10. The van der Waals surface area contributed by atoms with E-state index >= 15 is 0 Å². The topological polar surface area (TPSA) is 35.6 Å².